The van der Waals surface area contributed by atoms with Crippen molar-refractivity contribution in [2.75, 3.05) is 13.7 Å². The summed E-state index contributed by atoms with van der Waals surface area (Å²) in [5, 5.41) is 2.96. The maximum absolute atomic E-state index is 12.6. The molecule has 1 rings (SSSR count). The van der Waals surface area contributed by atoms with E-state index >= 15 is 0 Å². The van der Waals surface area contributed by atoms with Crippen LogP contribution in [-0.4, -0.2) is 19.8 Å². The molecule has 0 saturated heterocycles. The van der Waals surface area contributed by atoms with E-state index in [0.717, 1.165) is 12.1 Å². The minimum atomic E-state index is -4.31. The van der Waals surface area contributed by atoms with Crippen molar-refractivity contribution in [2.24, 2.45) is 0 Å². The molecule has 1 aromatic rings. The fourth-order valence-electron chi connectivity index (χ4n) is 1.57. The van der Waals surface area contributed by atoms with Gasteiger partial charge in [0, 0.05) is 0 Å². The maximum atomic E-state index is 12.6. The molecule has 1 aromatic carbocycles. The molecular weight excluding hydrogens is 243 g/mol. The summed E-state index contributed by atoms with van der Waals surface area (Å²) < 4.78 is 43.2. The minimum Gasteiger partial charge on any atom is -0.377 e. The van der Waals surface area contributed by atoms with E-state index in [0.29, 0.717) is 12.2 Å². The highest BCUT2D eigenvalue weighted by Crippen LogP contribution is 2.30. The molecule has 2 nitrogen and oxygen atoms in total. The number of rotatable bonds is 5. The fourth-order valence-corrected chi connectivity index (χ4v) is 1.57. The molecule has 0 aliphatic heterocycles. The zero-order valence-electron chi connectivity index (χ0n) is 10.7. The summed E-state index contributed by atoms with van der Waals surface area (Å²) in [5.74, 6) is 0. The van der Waals surface area contributed by atoms with Crippen molar-refractivity contribution in [1.82, 2.24) is 5.32 Å². The molecule has 1 atom stereocenters. The van der Waals surface area contributed by atoms with Crippen LogP contribution in [-0.2, 0) is 10.9 Å². The van der Waals surface area contributed by atoms with Crippen LogP contribution in [0.25, 0.3) is 0 Å². The number of alkyl halides is 3. The molecule has 102 valence electrons. The molecule has 0 amide bonds. The van der Waals surface area contributed by atoms with Crippen molar-refractivity contribution in [3.05, 3.63) is 35.4 Å². The average Bonchev–Trinajstić information content (AvgIpc) is 2.29. The van der Waals surface area contributed by atoms with E-state index in [1.165, 1.54) is 6.07 Å². The molecule has 5 heteroatoms. The van der Waals surface area contributed by atoms with Crippen molar-refractivity contribution in [3.8, 4) is 0 Å². The Morgan fingerprint density at radius 2 is 1.94 bits per heavy atom. The van der Waals surface area contributed by atoms with Crippen LogP contribution < -0.4 is 5.32 Å². The lowest BCUT2D eigenvalue weighted by Crippen LogP contribution is -2.24. The van der Waals surface area contributed by atoms with E-state index in [1.807, 2.05) is 13.8 Å². The molecule has 0 fully saturated rings. The van der Waals surface area contributed by atoms with Gasteiger partial charge in [-0.25, -0.2) is 0 Å². The standard InChI is InChI=1S/C13H18F3NO/c1-9(2)18-8-12(17-3)10-5-4-6-11(7-10)13(14,15)16/h4-7,9,12,17H,8H2,1-3H3. The Labute approximate surface area is 105 Å². The van der Waals surface area contributed by atoms with Gasteiger partial charge in [0.25, 0.3) is 0 Å². The highest BCUT2D eigenvalue weighted by Gasteiger charge is 2.30. The van der Waals surface area contributed by atoms with E-state index in [-0.39, 0.29) is 12.1 Å². The number of benzene rings is 1. The Morgan fingerprint density at radius 1 is 1.28 bits per heavy atom. The number of nitrogens with one attached hydrogen (secondary N) is 1. The lowest BCUT2D eigenvalue weighted by molar-refractivity contribution is -0.137. The van der Waals surface area contributed by atoms with Crippen molar-refractivity contribution in [2.45, 2.75) is 32.2 Å². The van der Waals surface area contributed by atoms with Gasteiger partial charge in [-0.15, -0.1) is 0 Å². The van der Waals surface area contributed by atoms with Gasteiger partial charge < -0.3 is 10.1 Å². The molecule has 0 spiro atoms. The average molecular weight is 261 g/mol. The molecule has 0 aliphatic rings. The van der Waals surface area contributed by atoms with Crippen LogP contribution in [0.15, 0.2) is 24.3 Å². The van der Waals surface area contributed by atoms with Crippen molar-refractivity contribution < 1.29 is 17.9 Å². The summed E-state index contributed by atoms with van der Waals surface area (Å²) >= 11 is 0. The Balaban J connectivity index is 2.86. The highest BCUT2D eigenvalue weighted by atomic mass is 19.4. The van der Waals surface area contributed by atoms with Gasteiger partial charge in [-0.05, 0) is 38.6 Å². The monoisotopic (exact) mass is 261 g/mol. The fraction of sp³-hybridized carbons (Fsp3) is 0.538. The quantitative estimate of drug-likeness (QED) is 0.877. The number of ether oxygens (including phenoxy) is 1. The Hall–Kier alpha value is -1.07. The van der Waals surface area contributed by atoms with Gasteiger partial charge in [0.05, 0.1) is 24.3 Å². The van der Waals surface area contributed by atoms with Gasteiger partial charge in [0.15, 0.2) is 0 Å². The number of hydrogen-bond acceptors (Lipinski definition) is 2. The van der Waals surface area contributed by atoms with Gasteiger partial charge in [0.2, 0.25) is 0 Å². The molecule has 0 saturated carbocycles. The van der Waals surface area contributed by atoms with Crippen LogP contribution >= 0.6 is 0 Å². The first-order valence-electron chi connectivity index (χ1n) is 5.80. The van der Waals surface area contributed by atoms with E-state index < -0.39 is 11.7 Å². The van der Waals surface area contributed by atoms with Crippen LogP contribution in [0.2, 0.25) is 0 Å². The number of halogens is 3. The molecule has 0 bridgehead atoms. The highest BCUT2D eigenvalue weighted by molar-refractivity contribution is 5.28. The van der Waals surface area contributed by atoms with Gasteiger partial charge in [-0.1, -0.05) is 12.1 Å². The molecule has 0 aliphatic carbocycles. The SMILES string of the molecule is CNC(COC(C)C)c1cccc(C(F)(F)F)c1. The summed E-state index contributed by atoms with van der Waals surface area (Å²) in [6.07, 6.45) is -4.26. The smallest absolute Gasteiger partial charge is 0.377 e. The Bertz CT molecular complexity index is 377. The number of likely N-dealkylation sites (N-methyl/N-ethyl adjacent to an activating group) is 1. The lowest BCUT2D eigenvalue weighted by Gasteiger charge is -2.19. The maximum Gasteiger partial charge on any atom is 0.416 e. The van der Waals surface area contributed by atoms with E-state index in [2.05, 4.69) is 5.32 Å². The van der Waals surface area contributed by atoms with Crippen LogP contribution in [0.3, 0.4) is 0 Å². The van der Waals surface area contributed by atoms with Crippen LogP contribution in [0.4, 0.5) is 13.2 Å². The van der Waals surface area contributed by atoms with E-state index in [4.69, 9.17) is 4.74 Å². The first-order valence-corrected chi connectivity index (χ1v) is 5.80. The third-order valence-corrected chi connectivity index (χ3v) is 2.56. The zero-order valence-corrected chi connectivity index (χ0v) is 10.7. The van der Waals surface area contributed by atoms with Crippen LogP contribution in [0, 0.1) is 0 Å². The molecule has 0 heterocycles. The Kier molecular flexibility index (Phi) is 5.16. The molecule has 0 radical (unpaired) electrons. The molecule has 1 unspecified atom stereocenters. The molecular formula is C13H18F3NO. The second kappa shape index (κ2) is 6.20. The third-order valence-electron chi connectivity index (χ3n) is 2.56. The predicted molar refractivity (Wildman–Crippen MR) is 64.3 cm³/mol. The van der Waals surface area contributed by atoms with E-state index in [1.54, 1.807) is 13.1 Å². The summed E-state index contributed by atoms with van der Waals surface area (Å²) in [7, 11) is 1.70. The second-order valence-electron chi connectivity index (χ2n) is 4.35. The van der Waals surface area contributed by atoms with Crippen LogP contribution in [0.5, 0.6) is 0 Å². The predicted octanol–water partition coefficient (Wildman–Crippen LogP) is 3.39. The normalized spacial score (nSPS) is 13.9. The summed E-state index contributed by atoms with van der Waals surface area (Å²) in [5.41, 5.74) is -0.0576. The largest absolute Gasteiger partial charge is 0.416 e. The molecule has 18 heavy (non-hydrogen) atoms. The number of hydrogen-bond donors (Lipinski definition) is 1. The topological polar surface area (TPSA) is 21.3 Å². The van der Waals surface area contributed by atoms with E-state index in [9.17, 15) is 13.2 Å². The van der Waals surface area contributed by atoms with Crippen molar-refractivity contribution >= 4 is 0 Å². The Morgan fingerprint density at radius 3 is 2.44 bits per heavy atom. The van der Waals surface area contributed by atoms with Gasteiger partial charge in [0.1, 0.15) is 0 Å². The molecule has 0 aromatic heterocycles. The van der Waals surface area contributed by atoms with Gasteiger partial charge in [-0.2, -0.15) is 13.2 Å². The van der Waals surface area contributed by atoms with Crippen LogP contribution in [0.1, 0.15) is 31.0 Å². The summed E-state index contributed by atoms with van der Waals surface area (Å²) in [6, 6.07) is 5.07. The second-order valence-corrected chi connectivity index (χ2v) is 4.35. The van der Waals surface area contributed by atoms with Gasteiger partial charge >= 0.3 is 6.18 Å². The van der Waals surface area contributed by atoms with Crippen molar-refractivity contribution in [1.29, 1.82) is 0 Å². The third kappa shape index (κ3) is 4.31. The summed E-state index contributed by atoms with van der Waals surface area (Å²) in [4.78, 5) is 0. The molecule has 1 N–H and O–H groups in total. The first-order chi connectivity index (χ1) is 8.34. The van der Waals surface area contributed by atoms with Gasteiger partial charge in [-0.3, -0.25) is 0 Å². The minimum absolute atomic E-state index is 0.0478. The van der Waals surface area contributed by atoms with Crippen molar-refractivity contribution in [3.63, 3.8) is 0 Å². The summed E-state index contributed by atoms with van der Waals surface area (Å²) in [6.45, 7) is 4.12. The lowest BCUT2D eigenvalue weighted by atomic mass is 10.0. The zero-order chi connectivity index (χ0) is 13.8. The first kappa shape index (κ1) is 15.0.